The molecule has 3 aromatic rings. The fraction of sp³-hybridized carbons (Fsp3) is 0.273. The van der Waals surface area contributed by atoms with Gasteiger partial charge in [0.05, 0.1) is 11.1 Å². The molecule has 0 aliphatic carbocycles. The SMILES string of the molecule is Cc1ccc(-c2c(CN)c(CC(C)C)nc3ccc(C(=O)O)cc23)cc1.Cl.Cl. The van der Waals surface area contributed by atoms with E-state index in [9.17, 15) is 9.90 Å². The summed E-state index contributed by atoms with van der Waals surface area (Å²) in [5.74, 6) is -0.489. The van der Waals surface area contributed by atoms with Crippen molar-refractivity contribution in [1.82, 2.24) is 4.98 Å². The summed E-state index contributed by atoms with van der Waals surface area (Å²) in [4.78, 5) is 16.3. The van der Waals surface area contributed by atoms with E-state index < -0.39 is 5.97 Å². The molecule has 0 bridgehead atoms. The van der Waals surface area contributed by atoms with E-state index in [1.54, 1.807) is 18.2 Å². The van der Waals surface area contributed by atoms with Crippen molar-refractivity contribution in [3.8, 4) is 11.1 Å². The minimum absolute atomic E-state index is 0. The number of halogens is 2. The Kier molecular flexibility index (Phi) is 8.43. The number of benzene rings is 2. The lowest BCUT2D eigenvalue weighted by Crippen LogP contribution is -2.10. The number of nitrogens with two attached hydrogens (primary N) is 1. The van der Waals surface area contributed by atoms with E-state index in [1.807, 2.05) is 6.92 Å². The van der Waals surface area contributed by atoms with Gasteiger partial charge in [0.15, 0.2) is 0 Å². The summed E-state index contributed by atoms with van der Waals surface area (Å²) in [6.07, 6.45) is 0.835. The van der Waals surface area contributed by atoms with Crippen molar-refractivity contribution in [1.29, 1.82) is 0 Å². The van der Waals surface area contributed by atoms with Crippen LogP contribution in [-0.2, 0) is 13.0 Å². The standard InChI is InChI=1S/C22H24N2O2.2ClH/c1-13(2)10-20-18(12-23)21(15-6-4-14(3)5-7-15)17-11-16(22(25)26)8-9-19(17)24-20;;/h4-9,11,13H,10,12,23H2,1-3H3,(H,25,26);2*1H. The van der Waals surface area contributed by atoms with Crippen molar-refractivity contribution < 1.29 is 9.90 Å². The number of pyridine rings is 1. The Morgan fingerprint density at radius 2 is 1.75 bits per heavy atom. The van der Waals surface area contributed by atoms with Crippen LogP contribution in [0.25, 0.3) is 22.0 Å². The molecule has 0 saturated carbocycles. The van der Waals surface area contributed by atoms with Crippen LogP contribution in [0.15, 0.2) is 42.5 Å². The van der Waals surface area contributed by atoms with Crippen LogP contribution in [0.5, 0.6) is 0 Å². The second-order valence-corrected chi connectivity index (χ2v) is 7.12. The second kappa shape index (κ2) is 9.87. The molecule has 6 heteroatoms. The number of aryl methyl sites for hydroxylation is 1. The van der Waals surface area contributed by atoms with Gasteiger partial charge in [-0.3, -0.25) is 4.98 Å². The molecule has 3 N–H and O–H groups in total. The highest BCUT2D eigenvalue weighted by atomic mass is 35.5. The third-order valence-electron chi connectivity index (χ3n) is 4.56. The first-order valence-electron chi connectivity index (χ1n) is 8.86. The van der Waals surface area contributed by atoms with Crippen LogP contribution in [0, 0.1) is 12.8 Å². The van der Waals surface area contributed by atoms with Gasteiger partial charge in [-0.05, 0) is 54.2 Å². The summed E-state index contributed by atoms with van der Waals surface area (Å²) >= 11 is 0. The number of carboxylic acids is 1. The average molecular weight is 421 g/mol. The molecule has 3 rings (SSSR count). The summed E-state index contributed by atoms with van der Waals surface area (Å²) in [6.45, 7) is 6.73. The maximum Gasteiger partial charge on any atom is 0.335 e. The van der Waals surface area contributed by atoms with Crippen LogP contribution < -0.4 is 5.73 Å². The lowest BCUT2D eigenvalue weighted by atomic mass is 9.90. The third-order valence-corrected chi connectivity index (χ3v) is 4.56. The predicted octanol–water partition coefficient (Wildman–Crippen LogP) is 5.41. The van der Waals surface area contributed by atoms with Gasteiger partial charge >= 0.3 is 5.97 Å². The Hall–Kier alpha value is -2.14. The second-order valence-electron chi connectivity index (χ2n) is 7.12. The molecule has 0 unspecified atom stereocenters. The lowest BCUT2D eigenvalue weighted by molar-refractivity contribution is 0.0697. The molecule has 1 heterocycles. The molecular formula is C22H26Cl2N2O2. The first-order chi connectivity index (χ1) is 12.4. The number of fused-ring (bicyclic) bond motifs is 1. The highest BCUT2D eigenvalue weighted by molar-refractivity contribution is 6.01. The Balaban J connectivity index is 0.00000196. The van der Waals surface area contributed by atoms with E-state index in [0.717, 1.165) is 39.7 Å². The molecule has 0 fully saturated rings. The maximum atomic E-state index is 11.5. The van der Waals surface area contributed by atoms with Crippen LogP contribution in [0.3, 0.4) is 0 Å². The van der Waals surface area contributed by atoms with Gasteiger partial charge in [0.2, 0.25) is 0 Å². The van der Waals surface area contributed by atoms with Gasteiger partial charge in [-0.1, -0.05) is 43.7 Å². The lowest BCUT2D eigenvalue weighted by Gasteiger charge is -2.18. The first-order valence-corrected chi connectivity index (χ1v) is 8.86. The Morgan fingerprint density at radius 1 is 1.11 bits per heavy atom. The summed E-state index contributed by atoms with van der Waals surface area (Å²) in [7, 11) is 0. The van der Waals surface area contributed by atoms with Gasteiger partial charge in [-0.25, -0.2) is 4.79 Å². The highest BCUT2D eigenvalue weighted by Gasteiger charge is 2.18. The van der Waals surface area contributed by atoms with Gasteiger partial charge in [-0.15, -0.1) is 24.8 Å². The Bertz CT molecular complexity index is 970. The van der Waals surface area contributed by atoms with E-state index in [-0.39, 0.29) is 30.4 Å². The number of hydrogen-bond donors (Lipinski definition) is 2. The molecule has 0 saturated heterocycles. The molecule has 0 amide bonds. The van der Waals surface area contributed by atoms with Crippen LogP contribution in [0.2, 0.25) is 0 Å². The molecule has 28 heavy (non-hydrogen) atoms. The first kappa shape index (κ1) is 23.9. The number of aromatic nitrogens is 1. The third kappa shape index (κ3) is 4.82. The van der Waals surface area contributed by atoms with E-state index in [0.29, 0.717) is 12.5 Å². The largest absolute Gasteiger partial charge is 0.478 e. The molecule has 0 radical (unpaired) electrons. The van der Waals surface area contributed by atoms with Crippen LogP contribution in [-0.4, -0.2) is 16.1 Å². The minimum atomic E-state index is -0.942. The zero-order valence-electron chi connectivity index (χ0n) is 16.2. The van der Waals surface area contributed by atoms with Crippen LogP contribution in [0.4, 0.5) is 0 Å². The monoisotopic (exact) mass is 420 g/mol. The number of nitrogens with zero attached hydrogens (tertiary/aromatic N) is 1. The van der Waals surface area contributed by atoms with Crippen LogP contribution in [0.1, 0.15) is 41.0 Å². The van der Waals surface area contributed by atoms with Gasteiger partial charge in [0.1, 0.15) is 0 Å². The van der Waals surface area contributed by atoms with Gasteiger partial charge < -0.3 is 10.8 Å². The number of aromatic carboxylic acids is 1. The summed E-state index contributed by atoms with van der Waals surface area (Å²) < 4.78 is 0. The maximum absolute atomic E-state index is 11.5. The highest BCUT2D eigenvalue weighted by Crippen LogP contribution is 2.34. The normalized spacial score (nSPS) is 10.5. The molecule has 4 nitrogen and oxygen atoms in total. The number of hydrogen-bond acceptors (Lipinski definition) is 3. The minimum Gasteiger partial charge on any atom is -0.478 e. The smallest absolute Gasteiger partial charge is 0.335 e. The predicted molar refractivity (Wildman–Crippen MR) is 120 cm³/mol. The number of rotatable bonds is 5. The van der Waals surface area contributed by atoms with Crippen molar-refractivity contribution >= 4 is 41.7 Å². The molecule has 1 aromatic heterocycles. The van der Waals surface area contributed by atoms with E-state index >= 15 is 0 Å². The molecule has 0 spiro atoms. The molecular weight excluding hydrogens is 395 g/mol. The fourth-order valence-electron chi connectivity index (χ4n) is 3.31. The van der Waals surface area contributed by atoms with E-state index in [4.69, 9.17) is 10.7 Å². The van der Waals surface area contributed by atoms with Crippen molar-refractivity contribution in [2.24, 2.45) is 11.7 Å². The van der Waals surface area contributed by atoms with E-state index in [2.05, 4.69) is 38.1 Å². The number of carboxylic acid groups (broad SMARTS) is 1. The molecule has 150 valence electrons. The summed E-state index contributed by atoms with van der Waals surface area (Å²) in [5.41, 5.74) is 12.4. The number of carbonyl (C=O) groups is 1. The zero-order valence-corrected chi connectivity index (χ0v) is 17.9. The zero-order chi connectivity index (χ0) is 18.8. The Labute approximate surface area is 178 Å². The Morgan fingerprint density at radius 3 is 2.29 bits per heavy atom. The molecule has 0 aliphatic rings. The van der Waals surface area contributed by atoms with Crippen molar-refractivity contribution in [2.45, 2.75) is 33.7 Å². The van der Waals surface area contributed by atoms with Gasteiger partial charge in [-0.2, -0.15) is 0 Å². The molecule has 2 aromatic carbocycles. The van der Waals surface area contributed by atoms with Crippen molar-refractivity contribution in [3.63, 3.8) is 0 Å². The molecule has 0 atom stereocenters. The van der Waals surface area contributed by atoms with Crippen LogP contribution >= 0.6 is 24.8 Å². The average Bonchev–Trinajstić information content (AvgIpc) is 2.60. The fourth-order valence-corrected chi connectivity index (χ4v) is 3.31. The van der Waals surface area contributed by atoms with Crippen molar-refractivity contribution in [3.05, 3.63) is 64.8 Å². The summed E-state index contributed by atoms with van der Waals surface area (Å²) in [6, 6.07) is 13.4. The molecule has 0 aliphatic heterocycles. The topological polar surface area (TPSA) is 76.2 Å². The van der Waals surface area contributed by atoms with Gasteiger partial charge in [0, 0.05) is 17.6 Å². The quantitative estimate of drug-likeness (QED) is 0.578. The summed E-state index contributed by atoms with van der Waals surface area (Å²) in [5, 5.41) is 10.2. The van der Waals surface area contributed by atoms with Gasteiger partial charge in [0.25, 0.3) is 0 Å². The van der Waals surface area contributed by atoms with E-state index in [1.165, 1.54) is 5.56 Å². The van der Waals surface area contributed by atoms with Crippen molar-refractivity contribution in [2.75, 3.05) is 0 Å².